The summed E-state index contributed by atoms with van der Waals surface area (Å²) in [5.74, 6) is 2.39. The standard InChI is InChI=1S/C13H27/c1-10(12(3,4)5)9-11(2)13(6,7)8/h10H,9H2,1-8H3/q-1. The molecule has 1 atom stereocenters. The highest BCUT2D eigenvalue weighted by atomic mass is 14.3. The fourth-order valence-electron chi connectivity index (χ4n) is 1.07. The fourth-order valence-corrected chi connectivity index (χ4v) is 1.07. The van der Waals surface area contributed by atoms with Gasteiger partial charge in [0.1, 0.15) is 0 Å². The Balaban J connectivity index is 4.15. The third-order valence-electron chi connectivity index (χ3n) is 3.37. The Kier molecular flexibility index (Phi) is 4.02. The normalized spacial score (nSPS) is 16.4. The maximum absolute atomic E-state index is 2.36. The maximum Gasteiger partial charge on any atom is -0.0381 e. The molecule has 0 amide bonds. The molecule has 0 rings (SSSR count). The van der Waals surface area contributed by atoms with Gasteiger partial charge in [-0.2, -0.15) is 18.8 Å². The average molecular weight is 183 g/mol. The first kappa shape index (κ1) is 13.0. The van der Waals surface area contributed by atoms with E-state index in [2.05, 4.69) is 55.4 Å². The molecule has 0 aliphatic carbocycles. The lowest BCUT2D eigenvalue weighted by Gasteiger charge is -2.45. The Bertz CT molecular complexity index is 124. The smallest absolute Gasteiger partial charge is 0.0381 e. The van der Waals surface area contributed by atoms with Gasteiger partial charge in [0, 0.05) is 0 Å². The van der Waals surface area contributed by atoms with Gasteiger partial charge in [0.15, 0.2) is 0 Å². The van der Waals surface area contributed by atoms with E-state index in [4.69, 9.17) is 0 Å². The molecule has 0 nitrogen and oxygen atoms in total. The van der Waals surface area contributed by atoms with Crippen LogP contribution in [-0.4, -0.2) is 0 Å². The summed E-state index contributed by atoms with van der Waals surface area (Å²) >= 11 is 0. The lowest BCUT2D eigenvalue weighted by Crippen LogP contribution is -2.24. The van der Waals surface area contributed by atoms with Gasteiger partial charge in [-0.15, -0.1) is 0 Å². The molecular formula is C13H27-. The van der Waals surface area contributed by atoms with Crippen molar-refractivity contribution in [1.82, 2.24) is 0 Å². The van der Waals surface area contributed by atoms with Gasteiger partial charge < -0.3 is 5.92 Å². The van der Waals surface area contributed by atoms with Crippen LogP contribution in [0.15, 0.2) is 0 Å². The first-order valence-corrected chi connectivity index (χ1v) is 5.38. The van der Waals surface area contributed by atoms with Gasteiger partial charge in [-0.25, -0.2) is 0 Å². The molecule has 0 N–H and O–H groups in total. The molecule has 0 heterocycles. The molecule has 1 unspecified atom stereocenters. The maximum atomic E-state index is 2.36. The predicted octanol–water partition coefficient (Wildman–Crippen LogP) is 4.70. The minimum absolute atomic E-state index is 0.375. The zero-order valence-corrected chi connectivity index (χ0v) is 10.8. The molecule has 0 fully saturated rings. The van der Waals surface area contributed by atoms with Crippen LogP contribution < -0.4 is 0 Å². The van der Waals surface area contributed by atoms with E-state index in [0.717, 1.165) is 5.92 Å². The first-order chi connectivity index (χ1) is 5.55. The summed E-state index contributed by atoms with van der Waals surface area (Å²) in [6, 6.07) is 0. The van der Waals surface area contributed by atoms with Crippen LogP contribution in [0.1, 0.15) is 61.8 Å². The van der Waals surface area contributed by atoms with E-state index >= 15 is 0 Å². The summed E-state index contributed by atoms with van der Waals surface area (Å²) in [7, 11) is 0. The van der Waals surface area contributed by atoms with Gasteiger partial charge in [0.25, 0.3) is 0 Å². The third-order valence-corrected chi connectivity index (χ3v) is 3.37. The largest absolute Gasteiger partial charge is 0.311 e. The molecule has 80 valence electrons. The van der Waals surface area contributed by atoms with Crippen molar-refractivity contribution in [2.24, 2.45) is 16.7 Å². The van der Waals surface area contributed by atoms with Crippen LogP contribution in [0.2, 0.25) is 0 Å². The molecule has 0 aliphatic rings. The second-order valence-electron chi connectivity index (χ2n) is 6.50. The highest BCUT2D eigenvalue weighted by molar-refractivity contribution is 4.98. The average Bonchev–Trinajstić information content (AvgIpc) is 1.82. The van der Waals surface area contributed by atoms with Crippen molar-refractivity contribution in [3.63, 3.8) is 0 Å². The van der Waals surface area contributed by atoms with E-state index in [-0.39, 0.29) is 0 Å². The fraction of sp³-hybridized carbons (Fsp3) is 0.923. The molecule has 0 spiro atoms. The predicted molar refractivity (Wildman–Crippen MR) is 61.6 cm³/mol. The number of hydrogen-bond donors (Lipinski definition) is 0. The van der Waals surface area contributed by atoms with Crippen LogP contribution in [0.3, 0.4) is 0 Å². The van der Waals surface area contributed by atoms with E-state index in [0.29, 0.717) is 10.8 Å². The monoisotopic (exact) mass is 183 g/mol. The van der Waals surface area contributed by atoms with Crippen LogP contribution >= 0.6 is 0 Å². The third kappa shape index (κ3) is 4.69. The topological polar surface area (TPSA) is 0 Å². The Morgan fingerprint density at radius 2 is 1.38 bits per heavy atom. The van der Waals surface area contributed by atoms with Crippen molar-refractivity contribution >= 4 is 0 Å². The molecule has 0 aliphatic heterocycles. The van der Waals surface area contributed by atoms with Crippen molar-refractivity contribution in [1.29, 1.82) is 0 Å². The van der Waals surface area contributed by atoms with Crippen molar-refractivity contribution in [2.75, 3.05) is 0 Å². The van der Waals surface area contributed by atoms with Crippen molar-refractivity contribution in [2.45, 2.75) is 61.8 Å². The molecule has 0 saturated carbocycles. The Morgan fingerprint density at radius 1 is 1.00 bits per heavy atom. The lowest BCUT2D eigenvalue weighted by atomic mass is 9.71. The minimum Gasteiger partial charge on any atom is -0.311 e. The van der Waals surface area contributed by atoms with Gasteiger partial charge in [0.2, 0.25) is 0 Å². The van der Waals surface area contributed by atoms with E-state index in [1.54, 1.807) is 5.92 Å². The zero-order valence-electron chi connectivity index (χ0n) is 10.8. The highest BCUT2D eigenvalue weighted by Crippen LogP contribution is 2.38. The molecule has 0 aromatic heterocycles. The Labute approximate surface area is 85.1 Å². The first-order valence-electron chi connectivity index (χ1n) is 5.38. The summed E-state index contributed by atoms with van der Waals surface area (Å²) in [5, 5.41) is 0. The second-order valence-corrected chi connectivity index (χ2v) is 6.50. The summed E-state index contributed by atoms with van der Waals surface area (Å²) in [4.78, 5) is 0. The van der Waals surface area contributed by atoms with Gasteiger partial charge in [-0.3, -0.25) is 0 Å². The summed E-state index contributed by atoms with van der Waals surface area (Å²) in [6.07, 6.45) is 1.26. The van der Waals surface area contributed by atoms with E-state index in [1.807, 2.05) is 0 Å². The zero-order chi connectivity index (χ0) is 10.9. The van der Waals surface area contributed by atoms with Gasteiger partial charge in [0.05, 0.1) is 0 Å². The SMILES string of the molecule is C[C-](CC(C)C(C)(C)C)C(C)(C)C. The van der Waals surface area contributed by atoms with Gasteiger partial charge in [-0.05, 0) is 5.41 Å². The Morgan fingerprint density at radius 3 is 1.62 bits per heavy atom. The molecule has 0 aromatic carbocycles. The van der Waals surface area contributed by atoms with Crippen molar-refractivity contribution in [3.05, 3.63) is 5.92 Å². The molecular weight excluding hydrogens is 156 g/mol. The van der Waals surface area contributed by atoms with E-state index in [1.165, 1.54) is 6.42 Å². The lowest BCUT2D eigenvalue weighted by molar-refractivity contribution is 0.231. The van der Waals surface area contributed by atoms with Crippen LogP contribution in [0.5, 0.6) is 0 Å². The van der Waals surface area contributed by atoms with Crippen molar-refractivity contribution < 1.29 is 0 Å². The van der Waals surface area contributed by atoms with E-state index in [9.17, 15) is 0 Å². The quantitative estimate of drug-likeness (QED) is 0.544. The van der Waals surface area contributed by atoms with Crippen molar-refractivity contribution in [3.8, 4) is 0 Å². The van der Waals surface area contributed by atoms with Crippen LogP contribution in [0.4, 0.5) is 0 Å². The summed E-state index contributed by atoms with van der Waals surface area (Å²) in [5.41, 5.74) is 0.812. The molecule has 0 radical (unpaired) electrons. The minimum atomic E-state index is 0.375. The molecule has 0 bridgehead atoms. The van der Waals surface area contributed by atoms with Crippen LogP contribution in [0, 0.1) is 22.7 Å². The molecule has 0 saturated heterocycles. The summed E-state index contributed by atoms with van der Waals surface area (Å²) in [6.45, 7) is 18.5. The summed E-state index contributed by atoms with van der Waals surface area (Å²) < 4.78 is 0. The molecule has 0 aromatic rings. The number of hydrogen-bond acceptors (Lipinski definition) is 0. The second kappa shape index (κ2) is 4.02. The number of rotatable bonds is 2. The molecule has 0 heteroatoms. The van der Waals surface area contributed by atoms with Gasteiger partial charge in [-0.1, -0.05) is 54.4 Å². The Hall–Kier alpha value is 0. The van der Waals surface area contributed by atoms with Gasteiger partial charge >= 0.3 is 0 Å². The van der Waals surface area contributed by atoms with Crippen LogP contribution in [0.25, 0.3) is 0 Å². The van der Waals surface area contributed by atoms with E-state index < -0.39 is 0 Å². The molecule has 13 heavy (non-hydrogen) atoms. The highest BCUT2D eigenvalue weighted by Gasteiger charge is 2.19. The van der Waals surface area contributed by atoms with Crippen LogP contribution in [-0.2, 0) is 0 Å².